The number of aliphatic hydroxyl groups is 1. The molecule has 12 heteroatoms. The number of amides is 1. The first kappa shape index (κ1) is 37.2. The number of anilines is 1. The number of hydrogen-bond donors (Lipinski definition) is 5. The molecule has 5 heterocycles. The summed E-state index contributed by atoms with van der Waals surface area (Å²) in [5.41, 5.74) is 6.52. The van der Waals surface area contributed by atoms with Gasteiger partial charge >= 0.3 is 11.8 Å². The molecule has 5 N–H and O–H groups in total. The number of H-pyrrole nitrogens is 1. The SMILES string of the molecule is O=C(O)N(c1cc(CCCCn2c(=O)oc3cc(CCNC[C@H](O)c4ccc(O)c5[nH]c(=O)ccc45)ccc32)ccc1-c1ccccc1)C1CN2CCC1CC2. The Hall–Kier alpha value is -5.69. The molecule has 2 aromatic heterocycles. The van der Waals surface area contributed by atoms with Crippen LogP contribution in [-0.4, -0.2) is 74.6 Å². The zero-order valence-corrected chi connectivity index (χ0v) is 31.2. The summed E-state index contributed by atoms with van der Waals surface area (Å²) >= 11 is 0. The third-order valence-electron chi connectivity index (χ3n) is 11.6. The first-order chi connectivity index (χ1) is 27.2. The highest BCUT2D eigenvalue weighted by Gasteiger charge is 2.41. The Kier molecular flexibility index (Phi) is 10.8. The molecule has 1 unspecified atom stereocenters. The van der Waals surface area contributed by atoms with Gasteiger partial charge in [-0.05, 0) is 117 Å². The maximum atomic E-state index is 13.0. The minimum Gasteiger partial charge on any atom is -0.506 e. The van der Waals surface area contributed by atoms with Gasteiger partial charge < -0.3 is 34.9 Å². The monoisotopic (exact) mass is 757 g/mol. The van der Waals surface area contributed by atoms with Crippen molar-refractivity contribution in [3.63, 3.8) is 0 Å². The largest absolute Gasteiger partial charge is 0.506 e. The second-order valence-corrected chi connectivity index (χ2v) is 15.1. The van der Waals surface area contributed by atoms with Gasteiger partial charge in [0, 0.05) is 36.7 Å². The second-order valence-electron chi connectivity index (χ2n) is 15.1. The smallest absolute Gasteiger partial charge is 0.419 e. The molecule has 12 nitrogen and oxygen atoms in total. The van der Waals surface area contributed by atoms with Gasteiger partial charge in [-0.1, -0.05) is 54.6 Å². The Morgan fingerprint density at radius 2 is 1.71 bits per heavy atom. The molecular weight excluding hydrogens is 711 g/mol. The fourth-order valence-electron chi connectivity index (χ4n) is 8.65. The second kappa shape index (κ2) is 16.2. The summed E-state index contributed by atoms with van der Waals surface area (Å²) in [6.45, 7) is 4.17. The van der Waals surface area contributed by atoms with Crippen LogP contribution in [0.15, 0.2) is 105 Å². The number of carboxylic acid groups (broad SMARTS) is 1. The number of aliphatic hydroxyl groups excluding tert-OH is 1. The number of phenols is 1. The number of unbranched alkanes of at least 4 members (excludes halogenated alkanes) is 1. The van der Waals surface area contributed by atoms with Crippen LogP contribution in [0, 0.1) is 5.92 Å². The van der Waals surface area contributed by atoms with Crippen molar-refractivity contribution in [3.8, 4) is 16.9 Å². The lowest BCUT2D eigenvalue weighted by atomic mass is 9.82. The summed E-state index contributed by atoms with van der Waals surface area (Å²) in [5.74, 6) is -0.0979. The molecule has 56 heavy (non-hydrogen) atoms. The van der Waals surface area contributed by atoms with E-state index in [1.807, 2.05) is 48.5 Å². The topological polar surface area (TPSA) is 164 Å². The molecule has 3 fully saturated rings. The number of rotatable bonds is 14. The van der Waals surface area contributed by atoms with Crippen molar-refractivity contribution in [1.82, 2.24) is 19.8 Å². The van der Waals surface area contributed by atoms with Gasteiger partial charge in [0.1, 0.15) is 5.75 Å². The number of fused-ring (bicyclic) bond motifs is 5. The summed E-state index contributed by atoms with van der Waals surface area (Å²) < 4.78 is 7.32. The third kappa shape index (κ3) is 7.73. The van der Waals surface area contributed by atoms with Crippen LogP contribution in [0.5, 0.6) is 5.75 Å². The molecule has 0 aliphatic carbocycles. The Balaban J connectivity index is 0.890. The number of nitrogens with zero attached hydrogens (tertiary/aromatic N) is 3. The fourth-order valence-corrected chi connectivity index (χ4v) is 8.65. The van der Waals surface area contributed by atoms with Gasteiger partial charge in [-0.2, -0.15) is 0 Å². The average molecular weight is 758 g/mol. The number of aromatic amines is 1. The molecule has 3 aliphatic rings. The number of nitrogens with one attached hydrogen (secondary N) is 2. The van der Waals surface area contributed by atoms with E-state index in [0.717, 1.165) is 85.2 Å². The summed E-state index contributed by atoms with van der Waals surface area (Å²) in [6.07, 6.45) is 3.21. The number of pyridine rings is 1. The number of benzene rings is 4. The number of phenolic OH excluding ortho intramolecular Hbond substituents is 1. The highest BCUT2D eigenvalue weighted by atomic mass is 16.4. The molecule has 290 valence electrons. The molecule has 0 saturated carbocycles. The molecule has 0 radical (unpaired) electrons. The Morgan fingerprint density at radius 1 is 0.929 bits per heavy atom. The van der Waals surface area contributed by atoms with Gasteiger partial charge in [0.2, 0.25) is 5.56 Å². The lowest BCUT2D eigenvalue weighted by molar-refractivity contribution is 0.0837. The molecule has 6 aromatic rings. The molecule has 1 amide bonds. The van der Waals surface area contributed by atoms with Crippen molar-refractivity contribution in [1.29, 1.82) is 0 Å². The predicted molar refractivity (Wildman–Crippen MR) is 217 cm³/mol. The summed E-state index contributed by atoms with van der Waals surface area (Å²) in [6, 6.07) is 28.0. The fraction of sp³-hybridized carbons (Fsp3) is 0.341. The lowest BCUT2D eigenvalue weighted by Gasteiger charge is -2.48. The summed E-state index contributed by atoms with van der Waals surface area (Å²) in [7, 11) is 0. The molecule has 2 bridgehead atoms. The van der Waals surface area contributed by atoms with E-state index in [4.69, 9.17) is 4.42 Å². The summed E-state index contributed by atoms with van der Waals surface area (Å²) in [5, 5.41) is 35.5. The predicted octanol–water partition coefficient (Wildman–Crippen LogP) is 6.28. The minimum atomic E-state index is -0.914. The highest BCUT2D eigenvalue weighted by Crippen LogP contribution is 2.39. The molecule has 3 saturated heterocycles. The number of aromatic hydroxyl groups is 1. The van der Waals surface area contributed by atoms with Crippen molar-refractivity contribution in [2.75, 3.05) is 37.6 Å². The molecule has 2 atom stereocenters. The van der Waals surface area contributed by atoms with Crippen molar-refractivity contribution < 1.29 is 24.5 Å². The van der Waals surface area contributed by atoms with Crippen molar-refractivity contribution >= 4 is 33.8 Å². The van der Waals surface area contributed by atoms with Gasteiger partial charge in [-0.3, -0.25) is 14.3 Å². The van der Waals surface area contributed by atoms with Gasteiger partial charge in [0.25, 0.3) is 0 Å². The van der Waals surface area contributed by atoms with Crippen LogP contribution in [0.4, 0.5) is 10.5 Å². The van der Waals surface area contributed by atoms with Crippen LogP contribution in [-0.2, 0) is 19.4 Å². The van der Waals surface area contributed by atoms with E-state index in [9.17, 15) is 29.7 Å². The van der Waals surface area contributed by atoms with E-state index in [-0.39, 0.29) is 23.9 Å². The number of hydrogen-bond acceptors (Lipinski definition) is 8. The number of carbonyl (C=O) groups is 1. The molecular formula is C44H47N5O7. The van der Waals surface area contributed by atoms with Crippen LogP contribution >= 0.6 is 0 Å². The number of aromatic nitrogens is 2. The average Bonchev–Trinajstić information content (AvgIpc) is 3.52. The van der Waals surface area contributed by atoms with E-state index < -0.39 is 18.0 Å². The number of piperidine rings is 3. The van der Waals surface area contributed by atoms with Crippen LogP contribution in [0.1, 0.15) is 48.5 Å². The Morgan fingerprint density at radius 3 is 2.48 bits per heavy atom. The van der Waals surface area contributed by atoms with Crippen LogP contribution < -0.4 is 21.5 Å². The van der Waals surface area contributed by atoms with E-state index in [2.05, 4.69) is 33.4 Å². The normalized spacial score (nSPS) is 18.4. The quantitative estimate of drug-likeness (QED) is 0.0806. The highest BCUT2D eigenvalue weighted by molar-refractivity contribution is 5.94. The first-order valence-corrected chi connectivity index (χ1v) is 19.5. The molecule has 3 aliphatic heterocycles. The van der Waals surface area contributed by atoms with Crippen molar-refractivity contribution in [2.45, 2.75) is 57.2 Å². The lowest BCUT2D eigenvalue weighted by Crippen LogP contribution is -2.59. The molecule has 0 spiro atoms. The Bertz CT molecular complexity index is 2470. The van der Waals surface area contributed by atoms with Gasteiger partial charge in [0.05, 0.1) is 28.9 Å². The first-order valence-electron chi connectivity index (χ1n) is 19.5. The standard InChI is InChI=1S/C44H47N5O7/c50-38-15-12-33(34-13-16-41(52)46-42(34)38)39(51)26-45-20-17-29-10-14-35-40(25-29)56-44(55)48(35)21-5-4-6-28-9-11-32(30-7-2-1-3-8-30)36(24-28)49(43(53)54)37-27-47-22-18-31(37)19-23-47/h1-3,7-16,24-25,31,37,39,45,50-51H,4-6,17-23,26-27H2,(H,46,52)(H,53,54)/t37?,39-/m0/s1. The molecule has 9 rings (SSSR count). The van der Waals surface area contributed by atoms with E-state index in [1.54, 1.807) is 21.6 Å². The number of aryl methyl sites for hydroxylation is 2. The van der Waals surface area contributed by atoms with Gasteiger partial charge in [0.15, 0.2) is 5.58 Å². The summed E-state index contributed by atoms with van der Waals surface area (Å²) in [4.78, 5) is 44.3. The van der Waals surface area contributed by atoms with Crippen LogP contribution in [0.2, 0.25) is 0 Å². The maximum absolute atomic E-state index is 13.0. The van der Waals surface area contributed by atoms with E-state index in [0.29, 0.717) is 47.5 Å². The number of oxazole rings is 1. The Labute approximate surface area is 323 Å². The minimum absolute atomic E-state index is 0.0541. The molecule has 4 aromatic carbocycles. The zero-order chi connectivity index (χ0) is 38.8. The van der Waals surface area contributed by atoms with Crippen LogP contribution in [0.3, 0.4) is 0 Å². The third-order valence-corrected chi connectivity index (χ3v) is 11.6. The van der Waals surface area contributed by atoms with Crippen LogP contribution in [0.25, 0.3) is 33.1 Å². The van der Waals surface area contributed by atoms with Gasteiger partial charge in [-0.15, -0.1) is 0 Å². The van der Waals surface area contributed by atoms with E-state index in [1.165, 1.54) is 12.1 Å². The van der Waals surface area contributed by atoms with E-state index >= 15 is 0 Å². The van der Waals surface area contributed by atoms with Crippen molar-refractivity contribution in [2.24, 2.45) is 5.92 Å². The maximum Gasteiger partial charge on any atom is 0.419 e. The zero-order valence-electron chi connectivity index (χ0n) is 31.2. The van der Waals surface area contributed by atoms with Gasteiger partial charge in [-0.25, -0.2) is 9.59 Å². The van der Waals surface area contributed by atoms with Crippen molar-refractivity contribution in [3.05, 3.63) is 129 Å².